The Morgan fingerprint density at radius 3 is 2.83 bits per heavy atom. The van der Waals surface area contributed by atoms with E-state index in [0.29, 0.717) is 12.3 Å². The van der Waals surface area contributed by atoms with Crippen LogP contribution in [0.25, 0.3) is 0 Å². The van der Waals surface area contributed by atoms with Crippen molar-refractivity contribution in [1.82, 2.24) is 10.2 Å². The first kappa shape index (κ1) is 17.2. The SMILES string of the molecule is O=C(CN1CCSC1=O)NCC#Cc1cccc(C(F)(F)F)c1. The summed E-state index contributed by atoms with van der Waals surface area (Å²) in [4.78, 5) is 24.4. The van der Waals surface area contributed by atoms with Crippen LogP contribution in [0.4, 0.5) is 18.0 Å². The molecule has 23 heavy (non-hydrogen) atoms. The lowest BCUT2D eigenvalue weighted by Gasteiger charge is -2.12. The quantitative estimate of drug-likeness (QED) is 0.858. The Labute approximate surface area is 135 Å². The molecule has 0 spiro atoms. The van der Waals surface area contributed by atoms with Crippen molar-refractivity contribution in [2.45, 2.75) is 6.18 Å². The number of rotatable bonds is 3. The Bertz CT molecular complexity index is 665. The number of benzene rings is 1. The van der Waals surface area contributed by atoms with E-state index in [2.05, 4.69) is 17.2 Å². The number of carbonyl (C=O) groups is 2. The number of thioether (sulfide) groups is 1. The van der Waals surface area contributed by atoms with Gasteiger partial charge < -0.3 is 10.2 Å². The van der Waals surface area contributed by atoms with Gasteiger partial charge in [-0.05, 0) is 18.2 Å². The summed E-state index contributed by atoms with van der Waals surface area (Å²) >= 11 is 1.16. The van der Waals surface area contributed by atoms with E-state index in [4.69, 9.17) is 0 Å². The lowest BCUT2D eigenvalue weighted by Crippen LogP contribution is -2.37. The van der Waals surface area contributed by atoms with Gasteiger partial charge in [-0.15, -0.1) is 0 Å². The molecule has 0 aromatic heterocycles. The zero-order valence-corrected chi connectivity index (χ0v) is 12.8. The summed E-state index contributed by atoms with van der Waals surface area (Å²) < 4.78 is 37.6. The average molecular weight is 342 g/mol. The van der Waals surface area contributed by atoms with Crippen LogP contribution < -0.4 is 5.32 Å². The average Bonchev–Trinajstić information content (AvgIpc) is 2.88. The number of halogens is 3. The summed E-state index contributed by atoms with van der Waals surface area (Å²) in [6, 6.07) is 4.67. The minimum absolute atomic E-state index is 0.00422. The number of carbonyl (C=O) groups excluding carboxylic acids is 2. The fourth-order valence-corrected chi connectivity index (χ4v) is 2.69. The molecule has 1 N–H and O–H groups in total. The van der Waals surface area contributed by atoms with Crippen LogP contribution in [0.15, 0.2) is 24.3 Å². The summed E-state index contributed by atoms with van der Waals surface area (Å²) in [6.07, 6.45) is -4.41. The van der Waals surface area contributed by atoms with Crippen molar-refractivity contribution in [1.29, 1.82) is 0 Å². The molecule has 0 saturated carbocycles. The van der Waals surface area contributed by atoms with E-state index >= 15 is 0 Å². The smallest absolute Gasteiger partial charge is 0.344 e. The molecule has 1 saturated heterocycles. The molecule has 122 valence electrons. The predicted octanol–water partition coefficient (Wildman–Crippen LogP) is 2.34. The van der Waals surface area contributed by atoms with Crippen molar-refractivity contribution >= 4 is 22.9 Å². The van der Waals surface area contributed by atoms with Gasteiger partial charge in [-0.2, -0.15) is 13.2 Å². The third-order valence-corrected chi connectivity index (χ3v) is 3.87. The van der Waals surface area contributed by atoms with Crippen LogP contribution >= 0.6 is 11.8 Å². The summed E-state index contributed by atoms with van der Waals surface area (Å²) in [6.45, 7) is 0.508. The summed E-state index contributed by atoms with van der Waals surface area (Å²) in [5.41, 5.74) is -0.543. The molecule has 0 unspecified atom stereocenters. The minimum Gasteiger partial charge on any atom is -0.344 e. The van der Waals surface area contributed by atoms with E-state index < -0.39 is 11.7 Å². The van der Waals surface area contributed by atoms with Crippen LogP contribution in [-0.2, 0) is 11.0 Å². The van der Waals surface area contributed by atoms with Crippen LogP contribution in [0.3, 0.4) is 0 Å². The molecule has 0 aliphatic carbocycles. The van der Waals surface area contributed by atoms with Crippen molar-refractivity contribution in [2.24, 2.45) is 0 Å². The number of hydrogen-bond acceptors (Lipinski definition) is 3. The van der Waals surface area contributed by atoms with E-state index in [1.807, 2.05) is 0 Å². The Kier molecular flexibility index (Phi) is 5.55. The van der Waals surface area contributed by atoms with E-state index in [9.17, 15) is 22.8 Å². The van der Waals surface area contributed by atoms with Crippen molar-refractivity contribution in [3.8, 4) is 11.8 Å². The normalized spacial score (nSPS) is 14.4. The highest BCUT2D eigenvalue weighted by Gasteiger charge is 2.30. The van der Waals surface area contributed by atoms with Crippen LogP contribution in [0, 0.1) is 11.8 Å². The molecule has 0 atom stereocenters. The largest absolute Gasteiger partial charge is 0.416 e. The molecule has 8 heteroatoms. The van der Waals surface area contributed by atoms with Crippen LogP contribution in [-0.4, -0.2) is 41.4 Å². The van der Waals surface area contributed by atoms with E-state index in [-0.39, 0.29) is 29.8 Å². The van der Waals surface area contributed by atoms with Gasteiger partial charge in [0.25, 0.3) is 5.24 Å². The zero-order chi connectivity index (χ0) is 16.9. The molecule has 1 aliphatic heterocycles. The predicted molar refractivity (Wildman–Crippen MR) is 80.8 cm³/mol. The van der Waals surface area contributed by atoms with Crippen molar-refractivity contribution in [3.63, 3.8) is 0 Å². The molecular formula is C15H13F3N2O2S. The molecule has 1 heterocycles. The van der Waals surface area contributed by atoms with Gasteiger partial charge in [-0.1, -0.05) is 29.7 Å². The second-order valence-electron chi connectivity index (χ2n) is 4.69. The maximum Gasteiger partial charge on any atom is 0.416 e. The molecule has 1 aliphatic rings. The van der Waals surface area contributed by atoms with Gasteiger partial charge in [0.05, 0.1) is 12.1 Å². The highest BCUT2D eigenvalue weighted by Crippen LogP contribution is 2.29. The molecule has 0 bridgehead atoms. The van der Waals surface area contributed by atoms with Gasteiger partial charge in [0.2, 0.25) is 5.91 Å². The van der Waals surface area contributed by atoms with E-state index in [1.165, 1.54) is 17.0 Å². The first-order valence-corrected chi connectivity index (χ1v) is 7.69. The molecular weight excluding hydrogens is 329 g/mol. The third kappa shape index (κ3) is 5.21. The van der Waals surface area contributed by atoms with Gasteiger partial charge >= 0.3 is 6.18 Å². The summed E-state index contributed by atoms with van der Waals surface area (Å²) in [7, 11) is 0. The van der Waals surface area contributed by atoms with Crippen LogP contribution in [0.1, 0.15) is 11.1 Å². The zero-order valence-electron chi connectivity index (χ0n) is 11.9. The first-order chi connectivity index (χ1) is 10.9. The topological polar surface area (TPSA) is 49.4 Å². The standard InChI is InChI=1S/C15H13F3N2O2S/c16-15(17,18)12-5-1-3-11(9-12)4-2-6-19-13(21)10-20-7-8-23-14(20)22/h1,3,5,9H,6-8,10H2,(H,19,21). The lowest BCUT2D eigenvalue weighted by atomic mass is 10.1. The lowest BCUT2D eigenvalue weighted by molar-refractivity contribution is -0.137. The molecule has 1 fully saturated rings. The van der Waals surface area contributed by atoms with Crippen LogP contribution in [0.5, 0.6) is 0 Å². The van der Waals surface area contributed by atoms with Gasteiger partial charge in [-0.25, -0.2) is 0 Å². The maximum absolute atomic E-state index is 12.5. The van der Waals surface area contributed by atoms with Gasteiger partial charge in [0.1, 0.15) is 6.54 Å². The number of nitrogens with zero attached hydrogens (tertiary/aromatic N) is 1. The Morgan fingerprint density at radius 2 is 2.17 bits per heavy atom. The number of alkyl halides is 3. The molecule has 2 rings (SSSR count). The van der Waals surface area contributed by atoms with E-state index in [0.717, 1.165) is 23.9 Å². The second kappa shape index (κ2) is 7.42. The number of nitrogens with one attached hydrogen (secondary N) is 1. The first-order valence-electron chi connectivity index (χ1n) is 6.71. The molecule has 4 nitrogen and oxygen atoms in total. The van der Waals surface area contributed by atoms with Gasteiger partial charge in [-0.3, -0.25) is 9.59 Å². The fourth-order valence-electron chi connectivity index (χ4n) is 1.86. The van der Waals surface area contributed by atoms with Crippen molar-refractivity contribution < 1.29 is 22.8 Å². The van der Waals surface area contributed by atoms with Crippen LogP contribution in [0.2, 0.25) is 0 Å². The third-order valence-electron chi connectivity index (χ3n) is 2.98. The highest BCUT2D eigenvalue weighted by atomic mass is 32.2. The summed E-state index contributed by atoms with van der Waals surface area (Å²) in [5.74, 6) is 5.48. The van der Waals surface area contributed by atoms with Gasteiger partial charge in [0.15, 0.2) is 0 Å². The van der Waals surface area contributed by atoms with E-state index in [1.54, 1.807) is 0 Å². The van der Waals surface area contributed by atoms with Crippen molar-refractivity contribution in [3.05, 3.63) is 35.4 Å². The maximum atomic E-state index is 12.5. The van der Waals surface area contributed by atoms with Crippen molar-refractivity contribution in [2.75, 3.05) is 25.4 Å². The molecule has 2 amide bonds. The summed E-state index contributed by atoms with van der Waals surface area (Å²) in [5, 5.41) is 2.38. The monoisotopic (exact) mass is 342 g/mol. The van der Waals surface area contributed by atoms with Gasteiger partial charge in [0, 0.05) is 17.9 Å². The fraction of sp³-hybridized carbons (Fsp3) is 0.333. The Hall–Kier alpha value is -2.14. The Morgan fingerprint density at radius 1 is 1.39 bits per heavy atom. The second-order valence-corrected chi connectivity index (χ2v) is 5.74. The molecule has 1 aromatic rings. The number of hydrogen-bond donors (Lipinski definition) is 1. The Balaban J connectivity index is 1.84. The highest BCUT2D eigenvalue weighted by molar-refractivity contribution is 8.13. The molecule has 0 radical (unpaired) electrons. The number of amides is 2. The minimum atomic E-state index is -4.41. The molecule has 1 aromatic carbocycles.